The van der Waals surface area contributed by atoms with Crippen molar-refractivity contribution in [1.82, 2.24) is 4.98 Å². The third kappa shape index (κ3) is 1.53. The second kappa shape index (κ2) is 3.48. The van der Waals surface area contributed by atoms with E-state index in [1.54, 1.807) is 0 Å². The second-order valence-electron chi connectivity index (χ2n) is 2.98. The van der Waals surface area contributed by atoms with Gasteiger partial charge in [0.2, 0.25) is 0 Å². The van der Waals surface area contributed by atoms with E-state index < -0.39 is 0 Å². The van der Waals surface area contributed by atoms with Crippen molar-refractivity contribution in [3.63, 3.8) is 0 Å². The number of thiazole rings is 1. The largest absolute Gasteiger partial charge is 0.506 e. The van der Waals surface area contributed by atoms with Crippen molar-refractivity contribution in [2.24, 2.45) is 5.73 Å². The van der Waals surface area contributed by atoms with Crippen molar-refractivity contribution in [1.29, 1.82) is 0 Å². The van der Waals surface area contributed by atoms with E-state index >= 15 is 0 Å². The molecule has 15 heavy (non-hydrogen) atoms. The average Bonchev–Trinajstić information content (AvgIpc) is 2.60. The highest BCUT2D eigenvalue weighted by molar-refractivity contribution is 7.16. The van der Waals surface area contributed by atoms with Crippen molar-refractivity contribution in [3.05, 3.63) is 27.4 Å². The molecular formula is C9H8N2O3S. The Hall–Kier alpha value is -1.66. The Bertz CT molecular complexity index is 585. The molecule has 1 aromatic carbocycles. The number of rotatable bonds is 2. The molecule has 0 amide bonds. The van der Waals surface area contributed by atoms with Gasteiger partial charge in [0.1, 0.15) is 11.3 Å². The predicted molar refractivity (Wildman–Crippen MR) is 57.5 cm³/mol. The molecule has 6 heteroatoms. The Morgan fingerprint density at radius 1 is 1.53 bits per heavy atom. The first kappa shape index (κ1) is 9.88. The summed E-state index contributed by atoms with van der Waals surface area (Å²) in [6.45, 7) is -0.119. The molecule has 0 fully saturated rings. The summed E-state index contributed by atoms with van der Waals surface area (Å²) in [5.74, 6) is -0.299. The van der Waals surface area contributed by atoms with Crippen molar-refractivity contribution >= 4 is 27.3 Å². The van der Waals surface area contributed by atoms with Gasteiger partial charge in [-0.05, 0) is 12.1 Å². The summed E-state index contributed by atoms with van der Waals surface area (Å²) >= 11 is 0.889. The van der Waals surface area contributed by atoms with Crippen LogP contribution in [-0.4, -0.2) is 22.4 Å². The molecule has 78 valence electrons. The van der Waals surface area contributed by atoms with E-state index in [0.717, 1.165) is 11.3 Å². The van der Waals surface area contributed by atoms with Crippen LogP contribution in [-0.2, 0) is 0 Å². The number of carbonyl (C=O) groups is 1. The standard InChI is InChI=1S/C9H8N2O3S/c10-3-6(13)4-1-2-5(12)7-8(4)15-9(14)11-7/h1-2,12H,3,10H2,(H,11,14). The zero-order valence-corrected chi connectivity index (χ0v) is 8.43. The quantitative estimate of drug-likeness (QED) is 0.645. The van der Waals surface area contributed by atoms with Crippen LogP contribution in [0.15, 0.2) is 16.9 Å². The Labute approximate surface area is 88.2 Å². The molecule has 4 N–H and O–H groups in total. The minimum absolute atomic E-state index is 0.0445. The highest BCUT2D eigenvalue weighted by Gasteiger charge is 2.13. The summed E-state index contributed by atoms with van der Waals surface area (Å²) in [4.78, 5) is 24.7. The van der Waals surface area contributed by atoms with Gasteiger partial charge in [-0.1, -0.05) is 11.3 Å². The normalized spacial score (nSPS) is 10.7. The van der Waals surface area contributed by atoms with E-state index in [1.165, 1.54) is 12.1 Å². The first-order chi connectivity index (χ1) is 7.13. The van der Waals surface area contributed by atoms with Gasteiger partial charge in [-0.2, -0.15) is 0 Å². The topological polar surface area (TPSA) is 96.2 Å². The van der Waals surface area contributed by atoms with Gasteiger partial charge in [-0.15, -0.1) is 0 Å². The van der Waals surface area contributed by atoms with Gasteiger partial charge in [0.25, 0.3) is 0 Å². The number of hydrogen-bond donors (Lipinski definition) is 3. The highest BCUT2D eigenvalue weighted by Crippen LogP contribution is 2.27. The Morgan fingerprint density at radius 2 is 2.27 bits per heavy atom. The van der Waals surface area contributed by atoms with E-state index in [2.05, 4.69) is 4.98 Å². The van der Waals surface area contributed by atoms with E-state index in [4.69, 9.17) is 5.73 Å². The molecule has 0 saturated heterocycles. The van der Waals surface area contributed by atoms with Gasteiger partial charge in [0, 0.05) is 5.56 Å². The summed E-state index contributed by atoms with van der Waals surface area (Å²) in [5, 5.41) is 9.46. The van der Waals surface area contributed by atoms with E-state index in [0.29, 0.717) is 15.8 Å². The zero-order chi connectivity index (χ0) is 11.0. The van der Waals surface area contributed by atoms with Crippen LogP contribution in [0.2, 0.25) is 0 Å². The molecule has 5 nitrogen and oxygen atoms in total. The van der Waals surface area contributed by atoms with Crippen molar-refractivity contribution < 1.29 is 9.90 Å². The molecule has 2 rings (SSSR count). The van der Waals surface area contributed by atoms with Crippen LogP contribution < -0.4 is 10.6 Å². The maximum Gasteiger partial charge on any atom is 0.305 e. The van der Waals surface area contributed by atoms with Crippen molar-refractivity contribution in [3.8, 4) is 5.75 Å². The highest BCUT2D eigenvalue weighted by atomic mass is 32.1. The number of phenols is 1. The van der Waals surface area contributed by atoms with E-state index in [-0.39, 0.29) is 23.0 Å². The summed E-state index contributed by atoms with van der Waals surface area (Å²) in [6, 6.07) is 2.84. The fraction of sp³-hybridized carbons (Fsp3) is 0.111. The molecule has 1 heterocycles. The summed E-state index contributed by atoms with van der Waals surface area (Å²) < 4.78 is 0.454. The Balaban J connectivity index is 2.82. The third-order valence-electron chi connectivity index (χ3n) is 2.04. The number of nitrogens with one attached hydrogen (secondary N) is 1. The van der Waals surface area contributed by atoms with Crippen LogP contribution >= 0.6 is 11.3 Å². The molecule has 0 unspecified atom stereocenters. The lowest BCUT2D eigenvalue weighted by atomic mass is 10.1. The first-order valence-corrected chi connectivity index (χ1v) is 5.03. The lowest BCUT2D eigenvalue weighted by Gasteiger charge is -2.00. The number of hydrogen-bond acceptors (Lipinski definition) is 5. The van der Waals surface area contributed by atoms with Gasteiger partial charge in [-0.3, -0.25) is 9.59 Å². The SMILES string of the molecule is NCC(=O)c1ccc(O)c2[nH]c(=O)sc12. The maximum absolute atomic E-state index is 11.4. The fourth-order valence-corrected chi connectivity index (χ4v) is 2.24. The average molecular weight is 224 g/mol. The van der Waals surface area contributed by atoms with Gasteiger partial charge in [-0.25, -0.2) is 0 Å². The second-order valence-corrected chi connectivity index (χ2v) is 3.96. The number of aromatic amines is 1. The number of aromatic nitrogens is 1. The number of fused-ring (bicyclic) bond motifs is 1. The summed E-state index contributed by atoms with van der Waals surface area (Å²) in [6.07, 6.45) is 0. The minimum atomic E-state index is -0.308. The van der Waals surface area contributed by atoms with Crippen LogP contribution in [0.1, 0.15) is 10.4 Å². The lowest BCUT2D eigenvalue weighted by Crippen LogP contribution is -2.13. The number of phenolic OH excluding ortho intramolecular Hbond substituents is 1. The molecule has 0 aliphatic carbocycles. The molecule has 0 spiro atoms. The molecule has 0 aliphatic heterocycles. The van der Waals surface area contributed by atoms with E-state index in [1.807, 2.05) is 0 Å². The van der Waals surface area contributed by atoms with Gasteiger partial charge in [0.05, 0.1) is 11.2 Å². The summed E-state index contributed by atoms with van der Waals surface area (Å²) in [7, 11) is 0. The smallest absolute Gasteiger partial charge is 0.305 e. The van der Waals surface area contributed by atoms with Gasteiger partial charge >= 0.3 is 4.87 Å². The van der Waals surface area contributed by atoms with Crippen LogP contribution in [0.3, 0.4) is 0 Å². The van der Waals surface area contributed by atoms with Crippen molar-refractivity contribution in [2.75, 3.05) is 6.54 Å². The number of Topliss-reactive ketones (excluding diaryl/α,β-unsaturated/α-hetero) is 1. The number of nitrogens with two attached hydrogens (primary N) is 1. The fourth-order valence-electron chi connectivity index (χ4n) is 1.35. The number of aromatic hydroxyl groups is 1. The molecule has 0 atom stereocenters. The molecule has 1 aromatic heterocycles. The molecule has 0 aliphatic rings. The molecule has 2 aromatic rings. The third-order valence-corrected chi connectivity index (χ3v) is 2.96. The molecule has 0 radical (unpaired) electrons. The van der Waals surface area contributed by atoms with Gasteiger partial charge in [0.15, 0.2) is 5.78 Å². The Morgan fingerprint density at radius 3 is 2.93 bits per heavy atom. The zero-order valence-electron chi connectivity index (χ0n) is 7.61. The Kier molecular flexibility index (Phi) is 2.29. The number of H-pyrrole nitrogens is 1. The van der Waals surface area contributed by atoms with Crippen LogP contribution in [0.4, 0.5) is 0 Å². The minimum Gasteiger partial charge on any atom is -0.506 e. The van der Waals surface area contributed by atoms with Crippen LogP contribution in [0, 0.1) is 0 Å². The van der Waals surface area contributed by atoms with E-state index in [9.17, 15) is 14.7 Å². The predicted octanol–water partition coefficient (Wildman–Crippen LogP) is 0.437. The van der Waals surface area contributed by atoms with Crippen LogP contribution in [0.5, 0.6) is 5.75 Å². The van der Waals surface area contributed by atoms with Crippen molar-refractivity contribution in [2.45, 2.75) is 0 Å². The first-order valence-electron chi connectivity index (χ1n) is 4.21. The number of ketones is 1. The monoisotopic (exact) mass is 224 g/mol. The lowest BCUT2D eigenvalue weighted by molar-refractivity contribution is 0.100. The van der Waals surface area contributed by atoms with Gasteiger partial charge < -0.3 is 15.8 Å². The van der Waals surface area contributed by atoms with Crippen LogP contribution in [0.25, 0.3) is 10.2 Å². The maximum atomic E-state index is 11.4. The molecule has 0 saturated carbocycles. The number of benzene rings is 1. The molecule has 0 bridgehead atoms. The number of carbonyl (C=O) groups excluding carboxylic acids is 1. The molecular weight excluding hydrogens is 216 g/mol. The summed E-state index contributed by atoms with van der Waals surface area (Å²) in [5.41, 5.74) is 5.91.